The molecule has 2 N–H and O–H groups in total. The molecule has 1 aromatic carbocycles. The lowest BCUT2D eigenvalue weighted by Crippen LogP contribution is -2.24. The van der Waals surface area contributed by atoms with Gasteiger partial charge in [-0.05, 0) is 43.0 Å². The van der Waals surface area contributed by atoms with Crippen LogP contribution in [0.1, 0.15) is 26.2 Å². The smallest absolute Gasteiger partial charge is 0.341 e. The molecule has 2 unspecified atom stereocenters. The van der Waals surface area contributed by atoms with Crippen LogP contribution in [-0.2, 0) is 9.59 Å². The summed E-state index contributed by atoms with van der Waals surface area (Å²) in [5.41, 5.74) is 0.705. The average Bonchev–Trinajstić information content (AvgIpc) is 2.84. The van der Waals surface area contributed by atoms with E-state index >= 15 is 0 Å². The molecule has 108 valence electrons. The second-order valence-corrected chi connectivity index (χ2v) is 5.21. The number of aliphatic carboxylic acids is 1. The molecule has 1 fully saturated rings. The Morgan fingerprint density at radius 2 is 2.00 bits per heavy atom. The van der Waals surface area contributed by atoms with E-state index in [4.69, 9.17) is 9.84 Å². The SMILES string of the molecule is CC1CCCC1C(=O)Nc1ccc(OCC(=O)O)cc1. The molecule has 1 amide bonds. The van der Waals surface area contributed by atoms with E-state index in [1.165, 1.54) is 0 Å². The molecule has 1 saturated carbocycles. The number of anilines is 1. The highest BCUT2D eigenvalue weighted by Gasteiger charge is 2.29. The van der Waals surface area contributed by atoms with E-state index in [0.717, 1.165) is 19.3 Å². The Labute approximate surface area is 117 Å². The molecule has 1 aliphatic rings. The molecule has 5 heteroatoms. The number of carbonyl (C=O) groups is 2. The van der Waals surface area contributed by atoms with E-state index in [-0.39, 0.29) is 18.4 Å². The quantitative estimate of drug-likeness (QED) is 0.867. The molecule has 0 saturated heterocycles. The Kier molecular flexibility index (Phi) is 4.61. The van der Waals surface area contributed by atoms with Crippen LogP contribution in [0.3, 0.4) is 0 Å². The van der Waals surface area contributed by atoms with Gasteiger partial charge < -0.3 is 15.2 Å². The summed E-state index contributed by atoms with van der Waals surface area (Å²) in [6, 6.07) is 6.73. The predicted molar refractivity (Wildman–Crippen MR) is 74.7 cm³/mol. The van der Waals surface area contributed by atoms with Crippen LogP contribution in [0.4, 0.5) is 5.69 Å². The molecule has 1 aliphatic carbocycles. The van der Waals surface area contributed by atoms with Gasteiger partial charge >= 0.3 is 5.97 Å². The molecule has 0 spiro atoms. The van der Waals surface area contributed by atoms with E-state index in [0.29, 0.717) is 17.4 Å². The standard InChI is InChI=1S/C15H19NO4/c1-10-3-2-4-13(10)15(19)16-11-5-7-12(8-6-11)20-9-14(17)18/h5-8,10,13H,2-4,9H2,1H3,(H,16,19)(H,17,18). The predicted octanol–water partition coefficient (Wildman–Crippen LogP) is 2.52. The van der Waals surface area contributed by atoms with Crippen molar-refractivity contribution in [3.05, 3.63) is 24.3 Å². The minimum Gasteiger partial charge on any atom is -0.482 e. The monoisotopic (exact) mass is 277 g/mol. The van der Waals surface area contributed by atoms with Crippen LogP contribution in [-0.4, -0.2) is 23.6 Å². The highest BCUT2D eigenvalue weighted by Crippen LogP contribution is 2.32. The van der Waals surface area contributed by atoms with Crippen molar-refractivity contribution in [1.29, 1.82) is 0 Å². The molecule has 0 bridgehead atoms. The fourth-order valence-electron chi connectivity index (χ4n) is 2.55. The van der Waals surface area contributed by atoms with Crippen molar-refractivity contribution in [2.75, 3.05) is 11.9 Å². The van der Waals surface area contributed by atoms with Crippen molar-refractivity contribution in [1.82, 2.24) is 0 Å². The molecule has 2 atom stereocenters. The fraction of sp³-hybridized carbons (Fsp3) is 0.467. The first kappa shape index (κ1) is 14.4. The average molecular weight is 277 g/mol. The molecule has 1 aromatic rings. The third-order valence-corrected chi connectivity index (χ3v) is 3.68. The highest BCUT2D eigenvalue weighted by atomic mass is 16.5. The highest BCUT2D eigenvalue weighted by molar-refractivity contribution is 5.92. The van der Waals surface area contributed by atoms with Gasteiger partial charge in [0.05, 0.1) is 0 Å². The van der Waals surface area contributed by atoms with Crippen LogP contribution in [0, 0.1) is 11.8 Å². The largest absolute Gasteiger partial charge is 0.482 e. The summed E-state index contributed by atoms with van der Waals surface area (Å²) < 4.78 is 5.03. The summed E-state index contributed by atoms with van der Waals surface area (Å²) in [5, 5.41) is 11.4. The van der Waals surface area contributed by atoms with Gasteiger partial charge in [-0.3, -0.25) is 4.79 Å². The maximum absolute atomic E-state index is 12.1. The van der Waals surface area contributed by atoms with Gasteiger partial charge in [0.2, 0.25) is 5.91 Å². The zero-order valence-electron chi connectivity index (χ0n) is 11.5. The first-order valence-corrected chi connectivity index (χ1v) is 6.82. The van der Waals surface area contributed by atoms with Gasteiger partial charge in [0, 0.05) is 11.6 Å². The molecule has 20 heavy (non-hydrogen) atoms. The van der Waals surface area contributed by atoms with E-state index in [1.54, 1.807) is 24.3 Å². The minimum absolute atomic E-state index is 0.0641. The number of nitrogens with one attached hydrogen (secondary N) is 1. The van der Waals surface area contributed by atoms with Crippen LogP contribution < -0.4 is 10.1 Å². The third kappa shape index (κ3) is 3.73. The first-order chi connectivity index (χ1) is 9.56. The summed E-state index contributed by atoms with van der Waals surface area (Å²) in [7, 11) is 0. The van der Waals surface area contributed by atoms with Crippen molar-refractivity contribution in [3.8, 4) is 5.75 Å². The lowest BCUT2D eigenvalue weighted by atomic mass is 9.97. The van der Waals surface area contributed by atoms with Crippen molar-refractivity contribution in [3.63, 3.8) is 0 Å². The fourth-order valence-corrected chi connectivity index (χ4v) is 2.55. The Hall–Kier alpha value is -2.04. The molecule has 0 radical (unpaired) electrons. The number of hydrogen-bond donors (Lipinski definition) is 2. The number of carboxylic acids is 1. The van der Waals surface area contributed by atoms with E-state index in [2.05, 4.69) is 12.2 Å². The first-order valence-electron chi connectivity index (χ1n) is 6.82. The molecule has 0 heterocycles. The Balaban J connectivity index is 1.90. The van der Waals surface area contributed by atoms with Crippen LogP contribution in [0.25, 0.3) is 0 Å². The Morgan fingerprint density at radius 3 is 2.55 bits per heavy atom. The molecule has 0 aromatic heterocycles. The third-order valence-electron chi connectivity index (χ3n) is 3.68. The maximum Gasteiger partial charge on any atom is 0.341 e. The maximum atomic E-state index is 12.1. The van der Waals surface area contributed by atoms with Crippen LogP contribution in [0.5, 0.6) is 5.75 Å². The number of rotatable bonds is 5. The van der Waals surface area contributed by atoms with Crippen molar-refractivity contribution in [2.24, 2.45) is 11.8 Å². The summed E-state index contributed by atoms with van der Waals surface area (Å²) in [4.78, 5) is 22.5. The number of hydrogen-bond acceptors (Lipinski definition) is 3. The number of carbonyl (C=O) groups excluding carboxylic acids is 1. The molecule has 2 rings (SSSR count). The lowest BCUT2D eigenvalue weighted by molar-refractivity contribution is -0.139. The van der Waals surface area contributed by atoms with E-state index in [9.17, 15) is 9.59 Å². The summed E-state index contributed by atoms with van der Waals surface area (Å²) in [5.74, 6) is 0.0533. The van der Waals surface area contributed by atoms with Crippen LogP contribution in [0.15, 0.2) is 24.3 Å². The normalized spacial score (nSPS) is 21.4. The molecular formula is C15H19NO4. The van der Waals surface area contributed by atoms with Crippen LogP contribution in [0.2, 0.25) is 0 Å². The van der Waals surface area contributed by atoms with Gasteiger partial charge in [0.15, 0.2) is 6.61 Å². The Bertz CT molecular complexity index is 483. The van der Waals surface area contributed by atoms with E-state index < -0.39 is 5.97 Å². The van der Waals surface area contributed by atoms with E-state index in [1.807, 2.05) is 0 Å². The van der Waals surface area contributed by atoms with Gasteiger partial charge in [-0.15, -0.1) is 0 Å². The topological polar surface area (TPSA) is 75.6 Å². The second-order valence-electron chi connectivity index (χ2n) is 5.21. The van der Waals surface area contributed by atoms with Crippen LogP contribution >= 0.6 is 0 Å². The lowest BCUT2D eigenvalue weighted by Gasteiger charge is -2.15. The van der Waals surface area contributed by atoms with Gasteiger partial charge in [-0.2, -0.15) is 0 Å². The summed E-state index contributed by atoms with van der Waals surface area (Å²) in [6.45, 7) is 1.74. The van der Waals surface area contributed by atoms with Gasteiger partial charge in [0.25, 0.3) is 0 Å². The zero-order valence-corrected chi connectivity index (χ0v) is 11.5. The Morgan fingerprint density at radius 1 is 1.30 bits per heavy atom. The van der Waals surface area contributed by atoms with Gasteiger partial charge in [-0.1, -0.05) is 13.3 Å². The minimum atomic E-state index is -1.02. The van der Waals surface area contributed by atoms with Gasteiger partial charge in [-0.25, -0.2) is 4.79 Å². The number of carboxylic acid groups (broad SMARTS) is 1. The van der Waals surface area contributed by atoms with Crippen molar-refractivity contribution < 1.29 is 19.4 Å². The molecule has 5 nitrogen and oxygen atoms in total. The second kappa shape index (κ2) is 6.41. The molecule has 0 aliphatic heterocycles. The van der Waals surface area contributed by atoms with Crippen molar-refractivity contribution in [2.45, 2.75) is 26.2 Å². The zero-order chi connectivity index (χ0) is 14.5. The summed E-state index contributed by atoms with van der Waals surface area (Å²) in [6.07, 6.45) is 3.17. The number of amides is 1. The summed E-state index contributed by atoms with van der Waals surface area (Å²) >= 11 is 0. The van der Waals surface area contributed by atoms with Gasteiger partial charge in [0.1, 0.15) is 5.75 Å². The van der Waals surface area contributed by atoms with Crippen molar-refractivity contribution >= 4 is 17.6 Å². The number of ether oxygens (including phenoxy) is 1. The molecular weight excluding hydrogens is 258 g/mol. The number of benzene rings is 1.